The number of rotatable bonds is 6. The number of hydrogen-bond acceptors (Lipinski definition) is 3. The number of aromatic nitrogens is 1. The van der Waals surface area contributed by atoms with Gasteiger partial charge < -0.3 is 10.1 Å². The molecule has 0 radical (unpaired) electrons. The van der Waals surface area contributed by atoms with E-state index in [4.69, 9.17) is 4.74 Å². The average molecular weight is 351 g/mol. The molecule has 1 aliphatic carbocycles. The smallest absolute Gasteiger partial charge is 0.218 e. The van der Waals surface area contributed by atoms with E-state index >= 15 is 0 Å². The lowest BCUT2D eigenvalue weighted by Gasteiger charge is -2.11. The molecule has 0 atom stereocenters. The van der Waals surface area contributed by atoms with Gasteiger partial charge in [-0.2, -0.15) is 0 Å². The van der Waals surface area contributed by atoms with E-state index in [0.717, 1.165) is 15.6 Å². The summed E-state index contributed by atoms with van der Waals surface area (Å²) in [5, 5.41) is 3.35. The van der Waals surface area contributed by atoms with Crippen molar-refractivity contribution in [3.05, 3.63) is 57.9 Å². The van der Waals surface area contributed by atoms with Crippen LogP contribution in [0.3, 0.4) is 0 Å². The molecule has 1 heterocycles. The number of ether oxygens (including phenoxy) is 1. The first-order valence-corrected chi connectivity index (χ1v) is 7.75. The number of nitrogens with zero attached hydrogens (tertiary/aromatic N) is 1. The lowest BCUT2D eigenvalue weighted by molar-refractivity contribution is 0.288. The van der Waals surface area contributed by atoms with Gasteiger partial charge in [0.2, 0.25) is 5.88 Å². The highest BCUT2D eigenvalue weighted by Gasteiger charge is 2.21. The zero-order valence-electron chi connectivity index (χ0n) is 11.5. The number of nitrogens with one attached hydrogen (secondary N) is 1. The van der Waals surface area contributed by atoms with Crippen LogP contribution in [0.25, 0.3) is 0 Å². The topological polar surface area (TPSA) is 34.1 Å². The van der Waals surface area contributed by atoms with Crippen molar-refractivity contribution in [1.82, 2.24) is 10.3 Å². The first kappa shape index (κ1) is 14.5. The van der Waals surface area contributed by atoms with Crippen LogP contribution in [0, 0.1) is 5.82 Å². The maximum Gasteiger partial charge on any atom is 0.218 e. The molecule has 1 aromatic carbocycles. The highest BCUT2D eigenvalue weighted by atomic mass is 79.9. The Balaban J connectivity index is 1.68. The van der Waals surface area contributed by atoms with Crippen molar-refractivity contribution in [3.63, 3.8) is 0 Å². The van der Waals surface area contributed by atoms with E-state index in [2.05, 4.69) is 26.2 Å². The highest BCUT2D eigenvalue weighted by Crippen LogP contribution is 2.22. The van der Waals surface area contributed by atoms with Gasteiger partial charge in [-0.3, -0.25) is 0 Å². The summed E-state index contributed by atoms with van der Waals surface area (Å²) in [6.45, 7) is 0.998. The van der Waals surface area contributed by atoms with Gasteiger partial charge in [0.25, 0.3) is 0 Å². The van der Waals surface area contributed by atoms with E-state index < -0.39 is 0 Å². The van der Waals surface area contributed by atoms with Crippen molar-refractivity contribution in [2.75, 3.05) is 0 Å². The molecule has 0 bridgehead atoms. The van der Waals surface area contributed by atoms with Gasteiger partial charge in [-0.1, -0.05) is 28.1 Å². The minimum atomic E-state index is -0.336. The lowest BCUT2D eigenvalue weighted by atomic mass is 10.2. The van der Waals surface area contributed by atoms with E-state index in [1.807, 2.05) is 24.3 Å². The quantitative estimate of drug-likeness (QED) is 0.859. The van der Waals surface area contributed by atoms with E-state index in [9.17, 15) is 4.39 Å². The van der Waals surface area contributed by atoms with Crippen molar-refractivity contribution in [2.45, 2.75) is 32.0 Å². The average Bonchev–Trinajstić information content (AvgIpc) is 3.28. The SMILES string of the molecule is Fc1cnc(OCc2cccc(Br)c2)c(CNC2CC2)c1. The molecule has 1 fully saturated rings. The molecule has 5 heteroatoms. The fourth-order valence-corrected chi connectivity index (χ4v) is 2.49. The maximum absolute atomic E-state index is 13.4. The Morgan fingerprint density at radius 2 is 2.19 bits per heavy atom. The van der Waals surface area contributed by atoms with Crippen LogP contribution in [0.4, 0.5) is 4.39 Å². The van der Waals surface area contributed by atoms with E-state index in [0.29, 0.717) is 25.1 Å². The normalized spacial score (nSPS) is 14.2. The summed E-state index contributed by atoms with van der Waals surface area (Å²) in [5.74, 6) is 0.155. The van der Waals surface area contributed by atoms with Gasteiger partial charge >= 0.3 is 0 Å². The molecule has 0 amide bonds. The third kappa shape index (κ3) is 4.25. The van der Waals surface area contributed by atoms with Gasteiger partial charge in [-0.05, 0) is 36.6 Å². The van der Waals surface area contributed by atoms with Crippen molar-refractivity contribution >= 4 is 15.9 Å². The molecule has 21 heavy (non-hydrogen) atoms. The molecule has 1 aromatic heterocycles. The summed E-state index contributed by atoms with van der Waals surface area (Å²) in [6, 6.07) is 9.94. The lowest BCUT2D eigenvalue weighted by Crippen LogP contribution is -2.16. The van der Waals surface area contributed by atoms with Crippen LogP contribution in [0.1, 0.15) is 24.0 Å². The van der Waals surface area contributed by atoms with E-state index in [1.165, 1.54) is 25.1 Å². The van der Waals surface area contributed by atoms with Crippen molar-refractivity contribution < 1.29 is 9.13 Å². The highest BCUT2D eigenvalue weighted by molar-refractivity contribution is 9.10. The predicted octanol–water partition coefficient (Wildman–Crippen LogP) is 3.81. The fraction of sp³-hybridized carbons (Fsp3) is 0.312. The molecule has 0 spiro atoms. The summed E-state index contributed by atoms with van der Waals surface area (Å²) in [7, 11) is 0. The summed E-state index contributed by atoms with van der Waals surface area (Å²) in [4.78, 5) is 4.07. The van der Waals surface area contributed by atoms with Crippen molar-refractivity contribution in [1.29, 1.82) is 0 Å². The van der Waals surface area contributed by atoms with Crippen molar-refractivity contribution in [3.8, 4) is 5.88 Å². The number of pyridine rings is 1. The zero-order valence-corrected chi connectivity index (χ0v) is 13.1. The predicted molar refractivity (Wildman–Crippen MR) is 82.5 cm³/mol. The van der Waals surface area contributed by atoms with Gasteiger partial charge in [0.15, 0.2) is 0 Å². The molecule has 1 saturated carbocycles. The van der Waals surface area contributed by atoms with Crippen molar-refractivity contribution in [2.24, 2.45) is 0 Å². The van der Waals surface area contributed by atoms with Crippen LogP contribution >= 0.6 is 15.9 Å². The molecule has 3 rings (SSSR count). The second kappa shape index (κ2) is 6.54. The summed E-state index contributed by atoms with van der Waals surface area (Å²) in [6.07, 6.45) is 3.57. The molecule has 0 unspecified atom stereocenters. The number of benzene rings is 1. The van der Waals surface area contributed by atoms with Crippen LogP contribution in [0.5, 0.6) is 5.88 Å². The standard InChI is InChI=1S/C16H16BrFN2O/c17-13-3-1-2-11(6-13)10-21-16-12(7-14(18)9-20-16)8-19-15-4-5-15/h1-3,6-7,9,15,19H,4-5,8,10H2. The van der Waals surface area contributed by atoms with Gasteiger partial charge in [0.05, 0.1) is 6.20 Å². The molecule has 0 saturated heterocycles. The second-order valence-corrected chi connectivity index (χ2v) is 6.11. The minimum absolute atomic E-state index is 0.336. The van der Waals surface area contributed by atoms with Crippen LogP contribution in [-0.2, 0) is 13.2 Å². The van der Waals surface area contributed by atoms with Crippen LogP contribution in [0.2, 0.25) is 0 Å². The third-order valence-electron chi connectivity index (χ3n) is 3.32. The summed E-state index contributed by atoms with van der Waals surface area (Å²) >= 11 is 3.43. The first-order chi connectivity index (χ1) is 10.2. The minimum Gasteiger partial charge on any atom is -0.473 e. The second-order valence-electron chi connectivity index (χ2n) is 5.19. The molecular formula is C16H16BrFN2O. The molecule has 110 valence electrons. The Hall–Kier alpha value is -1.46. The molecule has 3 nitrogen and oxygen atoms in total. The van der Waals surface area contributed by atoms with Gasteiger partial charge in [0.1, 0.15) is 12.4 Å². The third-order valence-corrected chi connectivity index (χ3v) is 3.81. The van der Waals surface area contributed by atoms with E-state index in [-0.39, 0.29) is 5.82 Å². The number of hydrogen-bond donors (Lipinski definition) is 1. The van der Waals surface area contributed by atoms with Crippen LogP contribution in [0.15, 0.2) is 41.0 Å². The van der Waals surface area contributed by atoms with Gasteiger partial charge in [0, 0.05) is 22.6 Å². The zero-order chi connectivity index (χ0) is 14.7. The Labute approximate surface area is 131 Å². The Morgan fingerprint density at radius 3 is 2.95 bits per heavy atom. The Bertz CT molecular complexity index is 631. The largest absolute Gasteiger partial charge is 0.473 e. The first-order valence-electron chi connectivity index (χ1n) is 6.96. The molecular weight excluding hydrogens is 335 g/mol. The van der Waals surface area contributed by atoms with Crippen LogP contribution in [-0.4, -0.2) is 11.0 Å². The molecule has 0 aliphatic heterocycles. The Morgan fingerprint density at radius 1 is 1.33 bits per heavy atom. The molecule has 2 aromatic rings. The Kier molecular flexibility index (Phi) is 4.51. The van der Waals surface area contributed by atoms with Gasteiger partial charge in [-0.15, -0.1) is 0 Å². The summed E-state index contributed by atoms with van der Waals surface area (Å²) < 4.78 is 20.1. The molecule has 1 aliphatic rings. The van der Waals surface area contributed by atoms with Crippen LogP contribution < -0.4 is 10.1 Å². The fourth-order valence-electron chi connectivity index (χ4n) is 2.05. The molecule has 1 N–H and O–H groups in total. The number of halogens is 2. The summed E-state index contributed by atoms with van der Waals surface area (Å²) in [5.41, 5.74) is 1.80. The van der Waals surface area contributed by atoms with E-state index in [1.54, 1.807) is 0 Å². The maximum atomic E-state index is 13.4. The van der Waals surface area contributed by atoms with Gasteiger partial charge in [-0.25, -0.2) is 9.37 Å². The monoisotopic (exact) mass is 350 g/mol.